The Bertz CT molecular complexity index is 424. The van der Waals surface area contributed by atoms with Crippen LogP contribution < -0.4 is 0 Å². The molecule has 5 nitrogen and oxygen atoms in total. The number of nitriles is 1. The largest absolute Gasteiger partial charge is 0.253 e. The van der Waals surface area contributed by atoms with Crippen LogP contribution in [-0.2, 0) is 0 Å². The molecule has 0 amide bonds. The van der Waals surface area contributed by atoms with Gasteiger partial charge in [0, 0.05) is 12.4 Å². The lowest BCUT2D eigenvalue weighted by Crippen LogP contribution is -1.86. The van der Waals surface area contributed by atoms with Crippen LogP contribution in [0.5, 0.6) is 0 Å². The highest BCUT2D eigenvalue weighted by Gasteiger charge is 2.02. The zero-order valence-corrected chi connectivity index (χ0v) is 7.40. The van der Waals surface area contributed by atoms with Crippen molar-refractivity contribution in [3.8, 4) is 6.07 Å². The van der Waals surface area contributed by atoms with Crippen LogP contribution in [0.2, 0.25) is 0 Å². The van der Waals surface area contributed by atoms with Crippen LogP contribution in [0.15, 0.2) is 23.6 Å². The van der Waals surface area contributed by atoms with Gasteiger partial charge < -0.3 is 0 Å². The number of rotatable bonds is 2. The third-order valence-corrected chi connectivity index (χ3v) is 2.07. The molecule has 2 heterocycles. The number of hydrogen-bond acceptors (Lipinski definition) is 5. The number of hydrogen-bond donors (Lipinski definition) is 0. The summed E-state index contributed by atoms with van der Waals surface area (Å²) in [5.74, 6) is 0.916. The quantitative estimate of drug-likeness (QED) is 0.655. The Morgan fingerprint density at radius 3 is 3.31 bits per heavy atom. The predicted molar refractivity (Wildman–Crippen MR) is 47.1 cm³/mol. The van der Waals surface area contributed by atoms with Crippen LogP contribution in [0, 0.1) is 11.3 Å². The van der Waals surface area contributed by atoms with E-state index in [0.29, 0.717) is 16.7 Å². The van der Waals surface area contributed by atoms with Crippen molar-refractivity contribution in [2.24, 2.45) is 0 Å². The summed E-state index contributed by atoms with van der Waals surface area (Å²) in [6, 6.07) is 3.79. The first-order valence-corrected chi connectivity index (χ1v) is 4.56. The minimum Gasteiger partial charge on any atom is -0.220 e. The molecule has 0 atom stereocenters. The van der Waals surface area contributed by atoms with Crippen LogP contribution in [0.25, 0.3) is 5.78 Å². The van der Waals surface area contributed by atoms with Gasteiger partial charge in [-0.1, -0.05) is 11.8 Å². The highest BCUT2D eigenvalue weighted by molar-refractivity contribution is 7.99. The van der Waals surface area contributed by atoms with Gasteiger partial charge >= 0.3 is 0 Å². The molecule has 0 aliphatic heterocycles. The van der Waals surface area contributed by atoms with E-state index in [-0.39, 0.29) is 0 Å². The van der Waals surface area contributed by atoms with Gasteiger partial charge in [-0.25, -0.2) is 9.50 Å². The van der Waals surface area contributed by atoms with E-state index in [2.05, 4.69) is 15.1 Å². The smallest absolute Gasteiger partial charge is 0.220 e. The minimum absolute atomic E-state index is 0.358. The molecule has 2 aromatic rings. The van der Waals surface area contributed by atoms with Gasteiger partial charge in [-0.2, -0.15) is 10.2 Å². The maximum absolute atomic E-state index is 8.35. The molecule has 2 aromatic heterocycles. The highest BCUT2D eigenvalue weighted by Crippen LogP contribution is 2.11. The fourth-order valence-electron chi connectivity index (χ4n) is 0.872. The van der Waals surface area contributed by atoms with Crippen molar-refractivity contribution in [3.05, 3.63) is 18.5 Å². The van der Waals surface area contributed by atoms with Crippen LogP contribution in [0.3, 0.4) is 0 Å². The van der Waals surface area contributed by atoms with Crippen molar-refractivity contribution in [2.75, 3.05) is 5.75 Å². The molecule has 13 heavy (non-hydrogen) atoms. The molecule has 0 saturated carbocycles. The van der Waals surface area contributed by atoms with Gasteiger partial charge in [-0.05, 0) is 6.07 Å². The van der Waals surface area contributed by atoms with E-state index in [0.717, 1.165) is 0 Å². The molecule has 6 heteroatoms. The van der Waals surface area contributed by atoms with Crippen molar-refractivity contribution in [2.45, 2.75) is 5.16 Å². The lowest BCUT2D eigenvalue weighted by molar-refractivity contribution is 0.880. The first kappa shape index (κ1) is 8.01. The van der Waals surface area contributed by atoms with Crippen molar-refractivity contribution < 1.29 is 0 Å². The standard InChI is InChI=1S/C7H5N5S/c8-2-5-13-7-10-6-9-3-1-4-12(6)11-7/h1,3-4H,5H2. The van der Waals surface area contributed by atoms with E-state index in [1.807, 2.05) is 6.07 Å². The molecule has 0 fully saturated rings. The van der Waals surface area contributed by atoms with Gasteiger partial charge in [-0.15, -0.1) is 5.10 Å². The second-order valence-corrected chi connectivity index (χ2v) is 3.15. The summed E-state index contributed by atoms with van der Waals surface area (Å²) in [5, 5.41) is 13.0. The van der Waals surface area contributed by atoms with Crippen LogP contribution in [0.1, 0.15) is 0 Å². The summed E-state index contributed by atoms with van der Waals surface area (Å²) in [5.41, 5.74) is 0. The molecule has 0 saturated heterocycles. The highest BCUT2D eigenvalue weighted by atomic mass is 32.2. The fraction of sp³-hybridized carbons (Fsp3) is 0.143. The minimum atomic E-state index is 0.358. The predicted octanol–water partition coefficient (Wildman–Crippen LogP) is 0.740. The van der Waals surface area contributed by atoms with E-state index in [1.54, 1.807) is 23.0 Å². The Hall–Kier alpha value is -1.61. The summed E-state index contributed by atoms with van der Waals surface area (Å²) in [6.45, 7) is 0. The summed E-state index contributed by atoms with van der Waals surface area (Å²) in [6.07, 6.45) is 3.43. The SMILES string of the molecule is N#CCSc1nc2ncccn2n1. The van der Waals surface area contributed by atoms with Gasteiger partial charge in [0.1, 0.15) is 0 Å². The van der Waals surface area contributed by atoms with E-state index < -0.39 is 0 Å². The molecular weight excluding hydrogens is 186 g/mol. The molecule has 0 spiro atoms. The van der Waals surface area contributed by atoms with Gasteiger partial charge in [0.05, 0.1) is 11.8 Å². The second-order valence-electron chi connectivity index (χ2n) is 2.21. The zero-order chi connectivity index (χ0) is 9.10. The van der Waals surface area contributed by atoms with Crippen molar-refractivity contribution >= 4 is 17.5 Å². The average molecular weight is 191 g/mol. The van der Waals surface area contributed by atoms with E-state index in [9.17, 15) is 0 Å². The summed E-state index contributed by atoms with van der Waals surface area (Å²) < 4.78 is 1.58. The molecule has 64 valence electrons. The maximum Gasteiger partial charge on any atom is 0.253 e. The monoisotopic (exact) mass is 191 g/mol. The zero-order valence-electron chi connectivity index (χ0n) is 6.58. The Balaban J connectivity index is 2.34. The first-order chi connectivity index (χ1) is 6.40. The van der Waals surface area contributed by atoms with Crippen LogP contribution in [-0.4, -0.2) is 25.3 Å². The van der Waals surface area contributed by atoms with E-state index >= 15 is 0 Å². The third-order valence-electron chi connectivity index (χ3n) is 1.36. The molecule has 0 aromatic carbocycles. The van der Waals surface area contributed by atoms with E-state index in [4.69, 9.17) is 5.26 Å². The lowest BCUT2D eigenvalue weighted by Gasteiger charge is -1.84. The Kier molecular flexibility index (Phi) is 2.10. The molecular formula is C7H5N5S. The Morgan fingerprint density at radius 2 is 2.54 bits per heavy atom. The fourth-order valence-corrected chi connectivity index (χ4v) is 1.36. The molecule has 0 bridgehead atoms. The number of fused-ring (bicyclic) bond motifs is 1. The summed E-state index contributed by atoms with van der Waals surface area (Å²) >= 11 is 1.30. The van der Waals surface area contributed by atoms with Crippen molar-refractivity contribution in [1.29, 1.82) is 5.26 Å². The molecule has 2 rings (SSSR count). The topological polar surface area (TPSA) is 66.9 Å². The van der Waals surface area contributed by atoms with Gasteiger partial charge in [0.25, 0.3) is 5.78 Å². The average Bonchev–Trinajstić information content (AvgIpc) is 2.57. The number of thioether (sulfide) groups is 1. The molecule has 0 radical (unpaired) electrons. The van der Waals surface area contributed by atoms with Gasteiger partial charge in [-0.3, -0.25) is 0 Å². The van der Waals surface area contributed by atoms with Crippen molar-refractivity contribution in [3.63, 3.8) is 0 Å². The van der Waals surface area contributed by atoms with Crippen LogP contribution >= 0.6 is 11.8 Å². The van der Waals surface area contributed by atoms with Gasteiger partial charge in [0.2, 0.25) is 5.16 Å². The van der Waals surface area contributed by atoms with E-state index in [1.165, 1.54) is 11.8 Å². The molecule has 0 aliphatic carbocycles. The second kappa shape index (κ2) is 3.41. The number of aromatic nitrogens is 4. The number of nitrogens with zero attached hydrogens (tertiary/aromatic N) is 5. The maximum atomic E-state index is 8.35. The Morgan fingerprint density at radius 1 is 1.62 bits per heavy atom. The Labute approximate surface area is 78.4 Å². The van der Waals surface area contributed by atoms with Gasteiger partial charge in [0.15, 0.2) is 0 Å². The lowest BCUT2D eigenvalue weighted by atomic mass is 10.7. The molecule has 0 unspecified atom stereocenters. The third kappa shape index (κ3) is 1.60. The normalized spacial score (nSPS) is 10.1. The summed E-state index contributed by atoms with van der Waals surface area (Å²) in [4.78, 5) is 8.11. The van der Waals surface area contributed by atoms with Crippen LogP contribution in [0.4, 0.5) is 0 Å². The van der Waals surface area contributed by atoms with Crippen molar-refractivity contribution in [1.82, 2.24) is 19.6 Å². The first-order valence-electron chi connectivity index (χ1n) is 3.57. The molecule has 0 N–H and O–H groups in total. The summed E-state index contributed by atoms with van der Waals surface area (Å²) in [7, 11) is 0. The molecule has 0 aliphatic rings.